The minimum Gasteiger partial charge on any atom is -0.329 e. The van der Waals surface area contributed by atoms with Crippen molar-refractivity contribution in [3.63, 3.8) is 0 Å². The molecular weight excluding hydrogens is 184 g/mol. The maximum atomic E-state index is 6.01. The quantitative estimate of drug-likeness (QED) is 0.733. The monoisotopic (exact) mass is 212 g/mol. The van der Waals surface area contributed by atoms with Crippen molar-refractivity contribution in [3.8, 4) is 0 Å². The van der Waals surface area contributed by atoms with Crippen LogP contribution >= 0.6 is 0 Å². The third kappa shape index (κ3) is 3.18. The smallest absolute Gasteiger partial charge is 0.0331 e. The fourth-order valence-electron chi connectivity index (χ4n) is 2.83. The summed E-state index contributed by atoms with van der Waals surface area (Å²) in [6.07, 6.45) is 6.67. The number of nitrogens with two attached hydrogens (primary N) is 1. The lowest BCUT2D eigenvalue weighted by molar-refractivity contribution is 0.0995. The van der Waals surface area contributed by atoms with Crippen molar-refractivity contribution in [2.24, 2.45) is 11.7 Å². The SMILES string of the molecule is CCN(CCC(C)C)C1(CN)CCCC1. The first kappa shape index (κ1) is 13.0. The van der Waals surface area contributed by atoms with Crippen molar-refractivity contribution < 1.29 is 0 Å². The lowest BCUT2D eigenvalue weighted by Gasteiger charge is -2.40. The fourth-order valence-corrected chi connectivity index (χ4v) is 2.83. The molecule has 1 rings (SSSR count). The Morgan fingerprint density at radius 2 is 1.87 bits per heavy atom. The van der Waals surface area contributed by atoms with Gasteiger partial charge in [-0.3, -0.25) is 4.90 Å². The van der Waals surface area contributed by atoms with E-state index in [1.54, 1.807) is 0 Å². The van der Waals surface area contributed by atoms with Gasteiger partial charge >= 0.3 is 0 Å². The molecule has 2 nitrogen and oxygen atoms in total. The summed E-state index contributed by atoms with van der Waals surface area (Å²) in [5.41, 5.74) is 6.36. The van der Waals surface area contributed by atoms with Gasteiger partial charge in [0.15, 0.2) is 0 Å². The molecule has 0 saturated heterocycles. The van der Waals surface area contributed by atoms with E-state index in [-0.39, 0.29) is 0 Å². The molecule has 0 amide bonds. The van der Waals surface area contributed by atoms with Gasteiger partial charge in [0.1, 0.15) is 0 Å². The van der Waals surface area contributed by atoms with Gasteiger partial charge in [0.2, 0.25) is 0 Å². The summed E-state index contributed by atoms with van der Waals surface area (Å²) in [6.45, 7) is 10.1. The summed E-state index contributed by atoms with van der Waals surface area (Å²) in [6, 6.07) is 0. The van der Waals surface area contributed by atoms with Gasteiger partial charge in [-0.1, -0.05) is 33.6 Å². The molecule has 0 heterocycles. The topological polar surface area (TPSA) is 29.3 Å². The third-order valence-electron chi connectivity index (χ3n) is 3.94. The molecule has 0 bridgehead atoms. The third-order valence-corrected chi connectivity index (χ3v) is 3.94. The van der Waals surface area contributed by atoms with Crippen LogP contribution < -0.4 is 5.73 Å². The Hall–Kier alpha value is -0.0800. The van der Waals surface area contributed by atoms with Crippen LogP contribution in [0, 0.1) is 5.92 Å². The highest BCUT2D eigenvalue weighted by atomic mass is 15.2. The van der Waals surface area contributed by atoms with Crippen LogP contribution in [-0.4, -0.2) is 30.1 Å². The zero-order chi connectivity index (χ0) is 11.3. The molecule has 0 aliphatic heterocycles. The number of hydrogen-bond acceptors (Lipinski definition) is 2. The zero-order valence-corrected chi connectivity index (χ0v) is 10.8. The van der Waals surface area contributed by atoms with Crippen LogP contribution in [0.15, 0.2) is 0 Å². The second-order valence-electron chi connectivity index (χ2n) is 5.40. The van der Waals surface area contributed by atoms with Crippen LogP contribution in [-0.2, 0) is 0 Å². The Morgan fingerprint density at radius 3 is 2.27 bits per heavy atom. The molecule has 1 fully saturated rings. The largest absolute Gasteiger partial charge is 0.329 e. The van der Waals surface area contributed by atoms with E-state index >= 15 is 0 Å². The van der Waals surface area contributed by atoms with Crippen molar-refractivity contribution in [1.29, 1.82) is 0 Å². The minimum absolute atomic E-state index is 0.351. The summed E-state index contributed by atoms with van der Waals surface area (Å²) in [5.74, 6) is 0.801. The summed E-state index contributed by atoms with van der Waals surface area (Å²) in [4.78, 5) is 2.64. The predicted molar refractivity (Wildman–Crippen MR) is 67.0 cm³/mol. The van der Waals surface area contributed by atoms with Crippen molar-refractivity contribution in [2.45, 2.75) is 58.4 Å². The van der Waals surface area contributed by atoms with Crippen LogP contribution in [0.5, 0.6) is 0 Å². The number of rotatable bonds is 6. The van der Waals surface area contributed by atoms with E-state index in [0.29, 0.717) is 5.54 Å². The normalized spacial score (nSPS) is 20.4. The van der Waals surface area contributed by atoms with Gasteiger partial charge < -0.3 is 5.73 Å². The van der Waals surface area contributed by atoms with Gasteiger partial charge in [-0.2, -0.15) is 0 Å². The Balaban J connectivity index is 2.54. The first-order valence-corrected chi connectivity index (χ1v) is 6.60. The molecule has 1 saturated carbocycles. The maximum Gasteiger partial charge on any atom is 0.0331 e. The molecule has 1 aliphatic carbocycles. The van der Waals surface area contributed by atoms with Gasteiger partial charge in [-0.05, 0) is 38.3 Å². The maximum absolute atomic E-state index is 6.01. The predicted octanol–water partition coefficient (Wildman–Crippen LogP) is 2.63. The Bertz CT molecular complexity index is 171. The summed E-state index contributed by atoms with van der Waals surface area (Å²) in [5, 5.41) is 0. The van der Waals surface area contributed by atoms with E-state index in [0.717, 1.165) is 19.0 Å². The van der Waals surface area contributed by atoms with Crippen molar-refractivity contribution in [1.82, 2.24) is 4.90 Å². The van der Waals surface area contributed by atoms with Gasteiger partial charge in [-0.25, -0.2) is 0 Å². The van der Waals surface area contributed by atoms with Crippen molar-refractivity contribution >= 4 is 0 Å². The Labute approximate surface area is 95.2 Å². The standard InChI is InChI=1S/C13H28N2/c1-4-15(10-7-12(2)3)13(11-14)8-5-6-9-13/h12H,4-11,14H2,1-3H3. The molecule has 0 atom stereocenters. The fraction of sp³-hybridized carbons (Fsp3) is 1.00. The van der Waals surface area contributed by atoms with E-state index in [4.69, 9.17) is 5.73 Å². The molecule has 0 spiro atoms. The molecule has 0 unspecified atom stereocenters. The first-order chi connectivity index (χ1) is 7.14. The van der Waals surface area contributed by atoms with Gasteiger partial charge in [0.25, 0.3) is 0 Å². The van der Waals surface area contributed by atoms with Crippen LogP contribution in [0.4, 0.5) is 0 Å². The summed E-state index contributed by atoms with van der Waals surface area (Å²) < 4.78 is 0. The molecule has 2 N–H and O–H groups in total. The summed E-state index contributed by atoms with van der Waals surface area (Å²) in [7, 11) is 0. The second kappa shape index (κ2) is 5.86. The lowest BCUT2D eigenvalue weighted by atomic mass is 9.94. The van der Waals surface area contributed by atoms with Crippen molar-refractivity contribution in [2.75, 3.05) is 19.6 Å². The van der Waals surface area contributed by atoms with Crippen molar-refractivity contribution in [3.05, 3.63) is 0 Å². The average molecular weight is 212 g/mol. The molecule has 0 aromatic heterocycles. The molecule has 0 aromatic rings. The molecule has 15 heavy (non-hydrogen) atoms. The second-order valence-corrected chi connectivity index (χ2v) is 5.40. The van der Waals surface area contributed by atoms with E-state index in [9.17, 15) is 0 Å². The van der Waals surface area contributed by atoms with E-state index < -0.39 is 0 Å². The summed E-state index contributed by atoms with van der Waals surface area (Å²) >= 11 is 0. The Morgan fingerprint density at radius 1 is 1.27 bits per heavy atom. The number of nitrogens with zero attached hydrogens (tertiary/aromatic N) is 1. The molecular formula is C13H28N2. The van der Waals surface area contributed by atoms with Crippen LogP contribution in [0.25, 0.3) is 0 Å². The highest BCUT2D eigenvalue weighted by molar-refractivity contribution is 4.95. The van der Waals surface area contributed by atoms with Gasteiger partial charge in [0.05, 0.1) is 0 Å². The molecule has 2 heteroatoms. The van der Waals surface area contributed by atoms with E-state index in [2.05, 4.69) is 25.7 Å². The molecule has 0 radical (unpaired) electrons. The van der Waals surface area contributed by atoms with Gasteiger partial charge in [-0.15, -0.1) is 0 Å². The van der Waals surface area contributed by atoms with Crippen LogP contribution in [0.3, 0.4) is 0 Å². The van der Waals surface area contributed by atoms with E-state index in [1.165, 1.54) is 38.6 Å². The van der Waals surface area contributed by atoms with Crippen LogP contribution in [0.2, 0.25) is 0 Å². The molecule has 0 aromatic carbocycles. The number of hydrogen-bond donors (Lipinski definition) is 1. The van der Waals surface area contributed by atoms with Crippen LogP contribution in [0.1, 0.15) is 52.9 Å². The molecule has 90 valence electrons. The Kier molecular flexibility index (Phi) is 5.07. The minimum atomic E-state index is 0.351. The average Bonchev–Trinajstić information content (AvgIpc) is 2.68. The zero-order valence-electron chi connectivity index (χ0n) is 10.8. The van der Waals surface area contributed by atoms with E-state index in [1.807, 2.05) is 0 Å². The number of likely N-dealkylation sites (N-methyl/N-ethyl adjacent to an activating group) is 1. The lowest BCUT2D eigenvalue weighted by Crippen LogP contribution is -2.52. The highest BCUT2D eigenvalue weighted by Crippen LogP contribution is 2.34. The molecule has 1 aliphatic rings. The highest BCUT2D eigenvalue weighted by Gasteiger charge is 2.37. The first-order valence-electron chi connectivity index (χ1n) is 6.60. The van der Waals surface area contributed by atoms with Gasteiger partial charge in [0, 0.05) is 12.1 Å².